The Morgan fingerprint density at radius 1 is 0.909 bits per heavy atom. The summed E-state index contributed by atoms with van der Waals surface area (Å²) in [4.78, 5) is 24.8. The summed E-state index contributed by atoms with van der Waals surface area (Å²) in [5.74, 6) is -0.310. The van der Waals surface area contributed by atoms with Gasteiger partial charge in [-0.25, -0.2) is 4.98 Å². The Morgan fingerprint density at radius 3 is 2.41 bits per heavy atom. The van der Waals surface area contributed by atoms with Crippen molar-refractivity contribution in [1.29, 1.82) is 0 Å². The van der Waals surface area contributed by atoms with Crippen molar-refractivity contribution in [1.82, 2.24) is 15.0 Å². The largest absolute Gasteiger partial charge is 0.319 e. The first kappa shape index (κ1) is 15.6. The molecule has 3 rings (SSSR count). The van der Waals surface area contributed by atoms with E-state index in [1.54, 1.807) is 30.7 Å². The summed E-state index contributed by atoms with van der Waals surface area (Å²) in [6.07, 6.45) is 6.30. The van der Waals surface area contributed by atoms with Gasteiger partial charge in [0.2, 0.25) is 0 Å². The second-order valence-corrected chi connectivity index (χ2v) is 4.32. The summed E-state index contributed by atoms with van der Waals surface area (Å²) in [6.45, 7) is 0. The van der Waals surface area contributed by atoms with Crippen molar-refractivity contribution in [2.45, 2.75) is 0 Å². The number of rotatable bonds is 3. The van der Waals surface area contributed by atoms with E-state index in [1.165, 1.54) is 6.20 Å². The van der Waals surface area contributed by atoms with Gasteiger partial charge in [0.1, 0.15) is 5.69 Å². The molecule has 0 fully saturated rings. The van der Waals surface area contributed by atoms with Crippen LogP contribution in [0.3, 0.4) is 0 Å². The minimum atomic E-state index is -0.310. The van der Waals surface area contributed by atoms with Crippen LogP contribution < -0.4 is 5.32 Å². The number of carbonyl (C=O) groups is 1. The van der Waals surface area contributed by atoms with E-state index in [9.17, 15) is 4.79 Å². The number of nitrogens with zero attached hydrogens (tertiary/aromatic N) is 3. The lowest BCUT2D eigenvalue weighted by atomic mass is 10.1. The maximum absolute atomic E-state index is 12.4. The van der Waals surface area contributed by atoms with Gasteiger partial charge in [0.05, 0.1) is 11.9 Å². The van der Waals surface area contributed by atoms with Gasteiger partial charge in [-0.15, -0.1) is 12.4 Å². The number of pyridine rings is 1. The number of anilines is 1. The third-order valence-electron chi connectivity index (χ3n) is 2.88. The molecule has 1 aromatic carbocycles. The normalized spacial score (nSPS) is 9.64. The lowest BCUT2D eigenvalue weighted by molar-refractivity contribution is 0.102. The molecule has 0 spiro atoms. The molecule has 1 N–H and O–H groups in total. The SMILES string of the molecule is Cl.O=C(Nc1cccnc1)c1nccnc1-c1ccccc1. The van der Waals surface area contributed by atoms with Gasteiger partial charge in [0, 0.05) is 24.2 Å². The van der Waals surface area contributed by atoms with Crippen LogP contribution in [0, 0.1) is 0 Å². The fourth-order valence-corrected chi connectivity index (χ4v) is 1.94. The third kappa shape index (κ3) is 3.45. The smallest absolute Gasteiger partial charge is 0.276 e. The van der Waals surface area contributed by atoms with E-state index < -0.39 is 0 Å². The molecule has 2 heterocycles. The van der Waals surface area contributed by atoms with Crippen molar-refractivity contribution in [2.75, 3.05) is 5.32 Å². The summed E-state index contributed by atoms with van der Waals surface area (Å²) >= 11 is 0. The third-order valence-corrected chi connectivity index (χ3v) is 2.88. The van der Waals surface area contributed by atoms with Crippen LogP contribution in [-0.4, -0.2) is 20.9 Å². The molecule has 22 heavy (non-hydrogen) atoms. The second-order valence-electron chi connectivity index (χ2n) is 4.32. The summed E-state index contributed by atoms with van der Waals surface area (Å²) in [5, 5.41) is 2.76. The first-order valence-corrected chi connectivity index (χ1v) is 6.42. The average Bonchev–Trinajstić information content (AvgIpc) is 2.56. The minimum Gasteiger partial charge on any atom is -0.319 e. The second kappa shape index (κ2) is 7.28. The van der Waals surface area contributed by atoms with Crippen LogP contribution in [0.4, 0.5) is 5.69 Å². The van der Waals surface area contributed by atoms with Crippen LogP contribution in [0.15, 0.2) is 67.3 Å². The van der Waals surface area contributed by atoms with Gasteiger partial charge in [0.25, 0.3) is 5.91 Å². The van der Waals surface area contributed by atoms with Gasteiger partial charge in [-0.3, -0.25) is 14.8 Å². The van der Waals surface area contributed by atoms with Crippen LogP contribution in [0.5, 0.6) is 0 Å². The molecule has 3 aromatic rings. The molecule has 0 unspecified atom stereocenters. The number of hydrogen-bond acceptors (Lipinski definition) is 4. The molecular formula is C16H13ClN4O. The van der Waals surface area contributed by atoms with E-state index in [4.69, 9.17) is 0 Å². The standard InChI is InChI=1S/C16H12N4O.ClH/c21-16(20-13-7-4-8-17-11-13)15-14(18-9-10-19-15)12-5-2-1-3-6-12;/h1-11H,(H,20,21);1H. The lowest BCUT2D eigenvalue weighted by Crippen LogP contribution is -2.15. The summed E-state index contributed by atoms with van der Waals surface area (Å²) in [5.41, 5.74) is 2.31. The molecule has 0 atom stereocenters. The fraction of sp³-hybridized carbons (Fsp3) is 0. The fourth-order valence-electron chi connectivity index (χ4n) is 1.94. The van der Waals surface area contributed by atoms with Gasteiger partial charge in [-0.1, -0.05) is 30.3 Å². The van der Waals surface area contributed by atoms with Gasteiger partial charge in [0.15, 0.2) is 5.69 Å². The van der Waals surface area contributed by atoms with Crippen LogP contribution >= 0.6 is 12.4 Å². The zero-order valence-electron chi connectivity index (χ0n) is 11.5. The van der Waals surface area contributed by atoms with Crippen LogP contribution in [0.2, 0.25) is 0 Å². The Kier molecular flexibility index (Phi) is 5.16. The number of carbonyl (C=O) groups excluding carboxylic acids is 1. The van der Waals surface area contributed by atoms with Crippen molar-refractivity contribution in [2.24, 2.45) is 0 Å². The molecule has 110 valence electrons. The first-order valence-electron chi connectivity index (χ1n) is 6.42. The molecule has 0 bridgehead atoms. The van der Waals surface area contributed by atoms with E-state index in [-0.39, 0.29) is 24.0 Å². The number of aromatic nitrogens is 3. The van der Waals surface area contributed by atoms with Gasteiger partial charge in [-0.05, 0) is 12.1 Å². The van der Waals surface area contributed by atoms with E-state index in [1.807, 2.05) is 30.3 Å². The molecular weight excluding hydrogens is 300 g/mol. The molecule has 0 saturated heterocycles. The monoisotopic (exact) mass is 312 g/mol. The van der Waals surface area contributed by atoms with Gasteiger partial charge in [-0.2, -0.15) is 0 Å². The molecule has 0 aliphatic rings. The Hall–Kier alpha value is -2.79. The molecule has 0 radical (unpaired) electrons. The van der Waals surface area contributed by atoms with Crippen LogP contribution in [0.1, 0.15) is 10.5 Å². The van der Waals surface area contributed by atoms with E-state index >= 15 is 0 Å². The minimum absolute atomic E-state index is 0. The van der Waals surface area contributed by atoms with Crippen molar-refractivity contribution in [3.05, 3.63) is 72.9 Å². The maximum atomic E-state index is 12.4. The predicted octanol–water partition coefficient (Wildman–Crippen LogP) is 3.21. The lowest BCUT2D eigenvalue weighted by Gasteiger charge is -2.08. The molecule has 0 saturated carbocycles. The molecule has 1 amide bonds. The highest BCUT2D eigenvalue weighted by Crippen LogP contribution is 2.20. The Balaban J connectivity index is 0.00000176. The Morgan fingerprint density at radius 2 is 1.68 bits per heavy atom. The Bertz CT molecular complexity index is 750. The van der Waals surface area contributed by atoms with Gasteiger partial charge >= 0.3 is 0 Å². The summed E-state index contributed by atoms with van der Waals surface area (Å²) in [6, 6.07) is 13.0. The number of nitrogens with one attached hydrogen (secondary N) is 1. The number of halogens is 1. The van der Waals surface area contributed by atoms with Crippen molar-refractivity contribution in [3.8, 4) is 11.3 Å². The highest BCUT2D eigenvalue weighted by Gasteiger charge is 2.15. The number of hydrogen-bond donors (Lipinski definition) is 1. The zero-order valence-corrected chi connectivity index (χ0v) is 12.3. The first-order chi connectivity index (χ1) is 10.3. The zero-order chi connectivity index (χ0) is 14.5. The van der Waals surface area contributed by atoms with Crippen molar-refractivity contribution in [3.63, 3.8) is 0 Å². The topological polar surface area (TPSA) is 67.8 Å². The molecule has 5 nitrogen and oxygen atoms in total. The highest BCUT2D eigenvalue weighted by molar-refractivity contribution is 6.06. The molecule has 2 aromatic heterocycles. The summed E-state index contributed by atoms with van der Waals surface area (Å²) in [7, 11) is 0. The maximum Gasteiger partial charge on any atom is 0.276 e. The number of benzene rings is 1. The average molecular weight is 313 g/mol. The van der Waals surface area contributed by atoms with Crippen molar-refractivity contribution < 1.29 is 4.79 Å². The predicted molar refractivity (Wildman–Crippen MR) is 86.9 cm³/mol. The van der Waals surface area contributed by atoms with Crippen LogP contribution in [-0.2, 0) is 0 Å². The van der Waals surface area contributed by atoms with E-state index in [2.05, 4.69) is 20.3 Å². The van der Waals surface area contributed by atoms with Crippen molar-refractivity contribution >= 4 is 24.0 Å². The molecule has 0 aliphatic heterocycles. The van der Waals surface area contributed by atoms with Crippen LogP contribution in [0.25, 0.3) is 11.3 Å². The molecule has 6 heteroatoms. The highest BCUT2D eigenvalue weighted by atomic mass is 35.5. The molecule has 0 aliphatic carbocycles. The summed E-state index contributed by atoms with van der Waals surface area (Å²) < 4.78 is 0. The number of amides is 1. The van der Waals surface area contributed by atoms with E-state index in [0.717, 1.165) is 5.56 Å². The quantitative estimate of drug-likeness (QED) is 0.806. The Labute approximate surface area is 133 Å². The van der Waals surface area contributed by atoms with Gasteiger partial charge < -0.3 is 5.32 Å². The van der Waals surface area contributed by atoms with E-state index in [0.29, 0.717) is 11.4 Å².